The van der Waals surface area contributed by atoms with Crippen molar-refractivity contribution in [3.05, 3.63) is 30.3 Å². The van der Waals surface area contributed by atoms with Gasteiger partial charge in [0.05, 0.1) is 6.61 Å². The Kier molecular flexibility index (Phi) is 8.66. The van der Waals surface area contributed by atoms with Crippen LogP contribution in [0.1, 0.15) is 12.8 Å². The molecule has 0 saturated carbocycles. The summed E-state index contributed by atoms with van der Waals surface area (Å²) in [5, 5.41) is 11.7. The van der Waals surface area contributed by atoms with Crippen molar-refractivity contribution in [2.24, 2.45) is 0 Å². The first-order valence-electron chi connectivity index (χ1n) is 7.44. The van der Waals surface area contributed by atoms with Gasteiger partial charge >= 0.3 is 0 Å². The van der Waals surface area contributed by atoms with Crippen LogP contribution in [0.4, 0.5) is 5.69 Å². The van der Waals surface area contributed by atoms with Crippen LogP contribution in [0.15, 0.2) is 30.3 Å². The van der Waals surface area contributed by atoms with Crippen molar-refractivity contribution in [1.29, 1.82) is 0 Å². The molecule has 0 radical (unpaired) electrons. The van der Waals surface area contributed by atoms with Crippen LogP contribution in [-0.4, -0.2) is 67.7 Å². The summed E-state index contributed by atoms with van der Waals surface area (Å²) in [5.74, 6) is 0.0620. The number of hydrogen-bond donors (Lipinski definition) is 2. The smallest absolute Gasteiger partial charge is 0.224 e. The number of carbonyl (C=O) groups excluding carboxylic acids is 1. The van der Waals surface area contributed by atoms with Crippen molar-refractivity contribution in [3.8, 4) is 0 Å². The molecule has 0 aromatic heterocycles. The van der Waals surface area contributed by atoms with E-state index in [2.05, 4.69) is 22.2 Å². The Labute approximate surface area is 127 Å². The minimum absolute atomic E-state index is 0.0620. The lowest BCUT2D eigenvalue weighted by Gasteiger charge is -2.21. The lowest BCUT2D eigenvalue weighted by molar-refractivity contribution is -0.116. The predicted molar refractivity (Wildman–Crippen MR) is 86.4 cm³/mol. The number of benzene rings is 1. The van der Waals surface area contributed by atoms with E-state index >= 15 is 0 Å². The first-order valence-corrected chi connectivity index (χ1v) is 7.44. The molecule has 5 nitrogen and oxygen atoms in total. The van der Waals surface area contributed by atoms with Crippen LogP contribution in [0, 0.1) is 0 Å². The number of anilines is 1. The molecule has 1 amide bonds. The third kappa shape index (κ3) is 8.45. The van der Waals surface area contributed by atoms with Crippen LogP contribution in [0.2, 0.25) is 0 Å². The fourth-order valence-corrected chi connectivity index (χ4v) is 1.99. The molecule has 0 atom stereocenters. The number of nitrogens with one attached hydrogen (secondary N) is 1. The summed E-state index contributed by atoms with van der Waals surface area (Å²) in [4.78, 5) is 16.1. The van der Waals surface area contributed by atoms with Crippen molar-refractivity contribution in [2.75, 3.05) is 52.2 Å². The maximum Gasteiger partial charge on any atom is 0.224 e. The second kappa shape index (κ2) is 10.3. The molecule has 21 heavy (non-hydrogen) atoms. The van der Waals surface area contributed by atoms with Gasteiger partial charge in [-0.05, 0) is 39.2 Å². The van der Waals surface area contributed by atoms with Crippen molar-refractivity contribution < 1.29 is 9.90 Å². The van der Waals surface area contributed by atoms with Gasteiger partial charge in [-0.15, -0.1) is 0 Å². The van der Waals surface area contributed by atoms with Gasteiger partial charge in [0.1, 0.15) is 0 Å². The van der Waals surface area contributed by atoms with E-state index in [-0.39, 0.29) is 12.5 Å². The van der Waals surface area contributed by atoms with Gasteiger partial charge in [0.25, 0.3) is 0 Å². The first kappa shape index (κ1) is 17.6. The largest absolute Gasteiger partial charge is 0.395 e. The van der Waals surface area contributed by atoms with Gasteiger partial charge in [0, 0.05) is 31.7 Å². The van der Waals surface area contributed by atoms with E-state index in [4.69, 9.17) is 5.11 Å². The minimum Gasteiger partial charge on any atom is -0.395 e. The highest BCUT2D eigenvalue weighted by molar-refractivity contribution is 5.90. The molecule has 0 heterocycles. The fourth-order valence-electron chi connectivity index (χ4n) is 1.99. The van der Waals surface area contributed by atoms with Gasteiger partial charge in [-0.1, -0.05) is 18.2 Å². The highest BCUT2D eigenvalue weighted by Crippen LogP contribution is 2.06. The Bertz CT molecular complexity index is 398. The molecule has 1 aromatic rings. The van der Waals surface area contributed by atoms with Crippen LogP contribution >= 0.6 is 0 Å². The Morgan fingerprint density at radius 2 is 1.67 bits per heavy atom. The average Bonchev–Trinajstić information content (AvgIpc) is 2.46. The highest BCUT2D eigenvalue weighted by atomic mass is 16.3. The molecule has 0 bridgehead atoms. The summed E-state index contributed by atoms with van der Waals surface area (Å²) in [6, 6.07) is 9.53. The Morgan fingerprint density at radius 3 is 2.29 bits per heavy atom. The van der Waals surface area contributed by atoms with E-state index in [1.165, 1.54) is 0 Å². The van der Waals surface area contributed by atoms with E-state index in [1.54, 1.807) is 0 Å². The second-order valence-corrected chi connectivity index (χ2v) is 5.35. The van der Waals surface area contributed by atoms with E-state index in [0.29, 0.717) is 13.0 Å². The van der Waals surface area contributed by atoms with E-state index in [9.17, 15) is 4.79 Å². The quantitative estimate of drug-likeness (QED) is 0.682. The fraction of sp³-hybridized carbons (Fsp3) is 0.562. The molecule has 0 aliphatic carbocycles. The van der Waals surface area contributed by atoms with Crippen molar-refractivity contribution in [1.82, 2.24) is 9.80 Å². The van der Waals surface area contributed by atoms with Crippen molar-refractivity contribution in [3.63, 3.8) is 0 Å². The van der Waals surface area contributed by atoms with Gasteiger partial charge < -0.3 is 20.2 Å². The summed E-state index contributed by atoms with van der Waals surface area (Å²) in [6.07, 6.45) is 1.38. The summed E-state index contributed by atoms with van der Waals surface area (Å²) in [7, 11) is 4.05. The SMILES string of the molecule is CN(CCO)CCN(C)CCCC(=O)Nc1ccccc1. The molecule has 0 unspecified atom stereocenters. The summed E-state index contributed by atoms with van der Waals surface area (Å²) >= 11 is 0. The zero-order chi connectivity index (χ0) is 15.5. The Morgan fingerprint density at radius 1 is 1.05 bits per heavy atom. The van der Waals surface area contributed by atoms with Gasteiger partial charge in [-0.2, -0.15) is 0 Å². The molecular weight excluding hydrogens is 266 g/mol. The molecule has 2 N–H and O–H groups in total. The van der Waals surface area contributed by atoms with Crippen LogP contribution in [0.25, 0.3) is 0 Å². The number of aliphatic hydroxyl groups excluding tert-OH is 1. The van der Waals surface area contributed by atoms with Crippen LogP contribution < -0.4 is 5.32 Å². The molecule has 0 saturated heterocycles. The van der Waals surface area contributed by atoms with Crippen LogP contribution in [-0.2, 0) is 4.79 Å². The van der Waals surface area contributed by atoms with Crippen LogP contribution in [0.5, 0.6) is 0 Å². The van der Waals surface area contributed by atoms with Gasteiger partial charge in [-0.25, -0.2) is 0 Å². The number of rotatable bonds is 10. The van der Waals surface area contributed by atoms with Gasteiger partial charge in [0.15, 0.2) is 0 Å². The summed E-state index contributed by atoms with van der Waals surface area (Å²) in [5.41, 5.74) is 0.849. The highest BCUT2D eigenvalue weighted by Gasteiger charge is 2.05. The number of nitrogens with zero attached hydrogens (tertiary/aromatic N) is 2. The maximum absolute atomic E-state index is 11.8. The lowest BCUT2D eigenvalue weighted by atomic mass is 10.2. The third-order valence-corrected chi connectivity index (χ3v) is 3.35. The topological polar surface area (TPSA) is 55.8 Å². The second-order valence-electron chi connectivity index (χ2n) is 5.35. The zero-order valence-corrected chi connectivity index (χ0v) is 13.1. The molecule has 5 heteroatoms. The number of carbonyl (C=O) groups is 1. The maximum atomic E-state index is 11.8. The summed E-state index contributed by atoms with van der Waals surface area (Å²) in [6.45, 7) is 3.66. The van der Waals surface area contributed by atoms with E-state index in [0.717, 1.165) is 31.7 Å². The molecular formula is C16H27N3O2. The molecule has 0 spiro atoms. The predicted octanol–water partition coefficient (Wildman–Crippen LogP) is 1.26. The Hall–Kier alpha value is -1.43. The molecule has 1 aromatic carbocycles. The molecule has 0 fully saturated rings. The van der Waals surface area contributed by atoms with Crippen molar-refractivity contribution >= 4 is 11.6 Å². The van der Waals surface area contributed by atoms with E-state index in [1.807, 2.05) is 37.4 Å². The van der Waals surface area contributed by atoms with E-state index < -0.39 is 0 Å². The summed E-state index contributed by atoms with van der Waals surface area (Å²) < 4.78 is 0. The molecule has 0 aliphatic heterocycles. The standard InChI is InChI=1S/C16H27N3O2/c1-18(11-12-19(2)13-14-20)10-6-9-16(21)17-15-7-4-3-5-8-15/h3-5,7-8,20H,6,9-14H2,1-2H3,(H,17,21). The number of hydrogen-bond acceptors (Lipinski definition) is 4. The number of likely N-dealkylation sites (N-methyl/N-ethyl adjacent to an activating group) is 2. The third-order valence-electron chi connectivity index (χ3n) is 3.35. The number of para-hydroxylation sites is 1. The average molecular weight is 293 g/mol. The van der Waals surface area contributed by atoms with Crippen LogP contribution in [0.3, 0.4) is 0 Å². The number of aliphatic hydroxyl groups is 1. The first-order chi connectivity index (χ1) is 10.1. The van der Waals surface area contributed by atoms with Gasteiger partial charge in [-0.3, -0.25) is 4.79 Å². The minimum atomic E-state index is 0.0620. The molecule has 1 rings (SSSR count). The normalized spacial score (nSPS) is 11.1. The molecule has 118 valence electrons. The number of amides is 1. The lowest BCUT2D eigenvalue weighted by Crippen LogP contribution is -2.33. The zero-order valence-electron chi connectivity index (χ0n) is 13.1. The Balaban J connectivity index is 2.11. The molecule has 0 aliphatic rings. The van der Waals surface area contributed by atoms with Crippen molar-refractivity contribution in [2.45, 2.75) is 12.8 Å². The monoisotopic (exact) mass is 293 g/mol. The van der Waals surface area contributed by atoms with Gasteiger partial charge in [0.2, 0.25) is 5.91 Å².